The van der Waals surface area contributed by atoms with E-state index in [1.807, 2.05) is 26.0 Å². The average Bonchev–Trinajstić information content (AvgIpc) is 2.40. The smallest absolute Gasteiger partial charge is 0.146 e. The van der Waals surface area contributed by atoms with Gasteiger partial charge in [-0.2, -0.15) is 0 Å². The van der Waals surface area contributed by atoms with E-state index >= 15 is 0 Å². The number of benzene rings is 2. The van der Waals surface area contributed by atoms with Gasteiger partial charge in [-0.3, -0.25) is 0 Å². The molecular formula is C16H18FNO. The largest absolute Gasteiger partial charge is 0.491 e. The Hall–Kier alpha value is -2.03. The molecule has 0 spiro atoms. The molecule has 3 heteroatoms. The van der Waals surface area contributed by atoms with E-state index in [4.69, 9.17) is 4.74 Å². The fraction of sp³-hybridized carbons (Fsp3) is 0.250. The molecule has 2 aromatic carbocycles. The van der Waals surface area contributed by atoms with Crippen LogP contribution >= 0.6 is 0 Å². The van der Waals surface area contributed by atoms with E-state index in [9.17, 15) is 4.39 Å². The molecule has 0 aliphatic rings. The van der Waals surface area contributed by atoms with E-state index in [0.717, 1.165) is 11.3 Å². The number of para-hydroxylation sites is 1. The first-order chi connectivity index (χ1) is 9.16. The van der Waals surface area contributed by atoms with Crippen LogP contribution < -0.4 is 10.1 Å². The Morgan fingerprint density at radius 2 is 1.89 bits per heavy atom. The molecule has 0 unspecified atom stereocenters. The van der Waals surface area contributed by atoms with Gasteiger partial charge in [0.25, 0.3) is 0 Å². The topological polar surface area (TPSA) is 21.3 Å². The molecule has 0 radical (unpaired) electrons. The number of halogens is 1. The lowest BCUT2D eigenvalue weighted by molar-refractivity contribution is 0.330. The van der Waals surface area contributed by atoms with Gasteiger partial charge in [0.15, 0.2) is 0 Å². The Kier molecular flexibility index (Phi) is 4.39. The van der Waals surface area contributed by atoms with Gasteiger partial charge in [-0.15, -0.1) is 0 Å². The van der Waals surface area contributed by atoms with Crippen molar-refractivity contribution in [2.45, 2.75) is 13.8 Å². The lowest BCUT2D eigenvalue weighted by atomic mass is 10.1. The van der Waals surface area contributed by atoms with Crippen molar-refractivity contribution in [1.82, 2.24) is 0 Å². The van der Waals surface area contributed by atoms with Gasteiger partial charge in [0, 0.05) is 6.54 Å². The second-order valence-electron chi connectivity index (χ2n) is 4.52. The molecule has 0 amide bonds. The first-order valence-corrected chi connectivity index (χ1v) is 6.35. The van der Waals surface area contributed by atoms with Gasteiger partial charge in [0.2, 0.25) is 0 Å². The molecule has 0 saturated carbocycles. The number of nitrogens with one attached hydrogen (secondary N) is 1. The summed E-state index contributed by atoms with van der Waals surface area (Å²) in [7, 11) is 0. The number of aryl methyl sites for hydroxylation is 2. The minimum Gasteiger partial charge on any atom is -0.491 e. The highest BCUT2D eigenvalue weighted by molar-refractivity contribution is 5.44. The van der Waals surface area contributed by atoms with E-state index in [1.165, 1.54) is 11.6 Å². The Bertz CT molecular complexity index is 554. The van der Waals surface area contributed by atoms with Crippen molar-refractivity contribution in [2.75, 3.05) is 18.5 Å². The Morgan fingerprint density at radius 1 is 1.11 bits per heavy atom. The quantitative estimate of drug-likeness (QED) is 0.821. The average molecular weight is 259 g/mol. The van der Waals surface area contributed by atoms with Crippen LogP contribution in [0.3, 0.4) is 0 Å². The van der Waals surface area contributed by atoms with Crippen molar-refractivity contribution in [2.24, 2.45) is 0 Å². The monoisotopic (exact) mass is 259 g/mol. The zero-order valence-electron chi connectivity index (χ0n) is 11.2. The number of rotatable bonds is 5. The molecule has 0 saturated heterocycles. The highest BCUT2D eigenvalue weighted by Gasteiger charge is 2.01. The molecule has 0 aliphatic carbocycles. The van der Waals surface area contributed by atoms with Crippen LogP contribution in [0.4, 0.5) is 10.1 Å². The Labute approximate surface area is 113 Å². The summed E-state index contributed by atoms with van der Waals surface area (Å²) in [6.45, 7) is 5.11. The number of ether oxygens (including phenoxy) is 1. The van der Waals surface area contributed by atoms with Crippen molar-refractivity contribution in [3.63, 3.8) is 0 Å². The maximum absolute atomic E-state index is 13.4. The summed E-state index contributed by atoms with van der Waals surface area (Å²) in [6.07, 6.45) is 0. The summed E-state index contributed by atoms with van der Waals surface area (Å²) in [4.78, 5) is 0. The van der Waals surface area contributed by atoms with Crippen molar-refractivity contribution < 1.29 is 9.13 Å². The predicted octanol–water partition coefficient (Wildman–Crippen LogP) is 3.93. The lowest BCUT2D eigenvalue weighted by Crippen LogP contribution is -2.12. The maximum atomic E-state index is 13.4. The molecular weight excluding hydrogens is 241 g/mol. The molecule has 0 aliphatic heterocycles. The molecule has 1 N–H and O–H groups in total. The van der Waals surface area contributed by atoms with Crippen LogP contribution in [0.25, 0.3) is 0 Å². The van der Waals surface area contributed by atoms with Crippen LogP contribution in [0.1, 0.15) is 11.1 Å². The van der Waals surface area contributed by atoms with Gasteiger partial charge in [0.1, 0.15) is 18.2 Å². The summed E-state index contributed by atoms with van der Waals surface area (Å²) in [5, 5.41) is 3.02. The number of anilines is 1. The highest BCUT2D eigenvalue weighted by Crippen LogP contribution is 2.19. The summed E-state index contributed by atoms with van der Waals surface area (Å²) in [5.41, 5.74) is 2.78. The third-order valence-corrected chi connectivity index (χ3v) is 2.89. The van der Waals surface area contributed by atoms with E-state index in [1.54, 1.807) is 18.2 Å². The zero-order chi connectivity index (χ0) is 13.7. The van der Waals surface area contributed by atoms with Crippen LogP contribution in [0.5, 0.6) is 5.75 Å². The van der Waals surface area contributed by atoms with E-state index in [0.29, 0.717) is 18.8 Å². The molecule has 0 aromatic heterocycles. The van der Waals surface area contributed by atoms with E-state index in [2.05, 4.69) is 11.4 Å². The van der Waals surface area contributed by atoms with Crippen LogP contribution in [0.15, 0.2) is 42.5 Å². The second-order valence-corrected chi connectivity index (χ2v) is 4.52. The first-order valence-electron chi connectivity index (χ1n) is 6.35. The first kappa shape index (κ1) is 13.4. The van der Waals surface area contributed by atoms with Crippen LogP contribution in [0.2, 0.25) is 0 Å². The third kappa shape index (κ3) is 3.71. The van der Waals surface area contributed by atoms with Crippen molar-refractivity contribution in [1.29, 1.82) is 0 Å². The van der Waals surface area contributed by atoms with E-state index in [-0.39, 0.29) is 5.82 Å². The van der Waals surface area contributed by atoms with E-state index < -0.39 is 0 Å². The SMILES string of the molecule is Cc1ccc(C)c(OCCNc2ccccc2F)c1. The van der Waals surface area contributed by atoms with Crippen molar-refractivity contribution in [3.05, 3.63) is 59.4 Å². The standard InChI is InChI=1S/C16H18FNO/c1-12-7-8-13(2)16(11-12)19-10-9-18-15-6-4-3-5-14(15)17/h3-8,11,18H,9-10H2,1-2H3. The Morgan fingerprint density at radius 3 is 2.68 bits per heavy atom. The molecule has 2 rings (SSSR count). The summed E-state index contributed by atoms with van der Waals surface area (Å²) in [6, 6.07) is 12.7. The zero-order valence-corrected chi connectivity index (χ0v) is 11.2. The summed E-state index contributed by atoms with van der Waals surface area (Å²) >= 11 is 0. The van der Waals surface area contributed by atoms with Crippen LogP contribution in [-0.4, -0.2) is 13.2 Å². The molecule has 2 nitrogen and oxygen atoms in total. The molecule has 0 bridgehead atoms. The third-order valence-electron chi connectivity index (χ3n) is 2.89. The van der Waals surface area contributed by atoms with Gasteiger partial charge in [-0.25, -0.2) is 4.39 Å². The normalized spacial score (nSPS) is 10.3. The fourth-order valence-electron chi connectivity index (χ4n) is 1.81. The van der Waals surface area contributed by atoms with Crippen molar-refractivity contribution >= 4 is 5.69 Å². The highest BCUT2D eigenvalue weighted by atomic mass is 19.1. The molecule has 0 atom stereocenters. The number of hydrogen-bond donors (Lipinski definition) is 1. The van der Waals surface area contributed by atoms with Gasteiger partial charge < -0.3 is 10.1 Å². The Balaban J connectivity index is 1.84. The minimum absolute atomic E-state index is 0.241. The van der Waals surface area contributed by atoms with Gasteiger partial charge >= 0.3 is 0 Å². The molecule has 0 fully saturated rings. The van der Waals surface area contributed by atoms with Gasteiger partial charge in [-0.1, -0.05) is 24.3 Å². The fourth-order valence-corrected chi connectivity index (χ4v) is 1.81. The summed E-state index contributed by atoms with van der Waals surface area (Å²) in [5.74, 6) is 0.643. The lowest BCUT2D eigenvalue weighted by Gasteiger charge is -2.11. The minimum atomic E-state index is -0.241. The van der Waals surface area contributed by atoms with Crippen LogP contribution in [-0.2, 0) is 0 Å². The van der Waals surface area contributed by atoms with Crippen molar-refractivity contribution in [3.8, 4) is 5.75 Å². The molecule has 19 heavy (non-hydrogen) atoms. The second kappa shape index (κ2) is 6.23. The maximum Gasteiger partial charge on any atom is 0.146 e. The van der Waals surface area contributed by atoms with Gasteiger partial charge in [-0.05, 0) is 43.2 Å². The van der Waals surface area contributed by atoms with Crippen LogP contribution in [0, 0.1) is 19.7 Å². The molecule has 0 heterocycles. The molecule has 100 valence electrons. The summed E-state index contributed by atoms with van der Waals surface area (Å²) < 4.78 is 19.0. The predicted molar refractivity (Wildman–Crippen MR) is 76.3 cm³/mol. The molecule has 2 aromatic rings. The number of hydrogen-bond acceptors (Lipinski definition) is 2. The van der Waals surface area contributed by atoms with Gasteiger partial charge in [0.05, 0.1) is 5.69 Å².